The molecular formula is C10H20N2O. The lowest BCUT2D eigenvalue weighted by Crippen LogP contribution is -2.48. The smallest absolute Gasteiger partial charge is 0.219 e. The molecule has 0 heterocycles. The van der Waals surface area contributed by atoms with Crippen LogP contribution in [0.4, 0.5) is 0 Å². The van der Waals surface area contributed by atoms with E-state index in [1.54, 1.807) is 7.05 Å². The van der Waals surface area contributed by atoms with Crippen LogP contribution in [0.3, 0.4) is 0 Å². The largest absolute Gasteiger partial charge is 0.359 e. The molecule has 0 aromatic rings. The third kappa shape index (κ3) is 3.35. The van der Waals surface area contributed by atoms with Crippen molar-refractivity contribution in [3.63, 3.8) is 0 Å². The van der Waals surface area contributed by atoms with Crippen molar-refractivity contribution in [1.29, 1.82) is 0 Å². The zero-order valence-electron chi connectivity index (χ0n) is 8.65. The van der Waals surface area contributed by atoms with Crippen LogP contribution in [0.2, 0.25) is 0 Å². The quantitative estimate of drug-likeness (QED) is 0.627. The molecule has 0 unspecified atom stereocenters. The molecule has 1 aliphatic rings. The number of hydrogen-bond donors (Lipinski definition) is 2. The SMILES string of the molecule is CNC(=O)CCCNC1(C)CCC1. The number of amides is 1. The number of nitrogens with one attached hydrogen (secondary N) is 2. The summed E-state index contributed by atoms with van der Waals surface area (Å²) >= 11 is 0. The van der Waals surface area contributed by atoms with E-state index in [1.807, 2.05) is 0 Å². The molecule has 0 aliphatic heterocycles. The van der Waals surface area contributed by atoms with Gasteiger partial charge in [-0.25, -0.2) is 0 Å². The Bertz CT molecular complexity index is 176. The Morgan fingerprint density at radius 3 is 2.62 bits per heavy atom. The Balaban J connectivity index is 1.98. The summed E-state index contributed by atoms with van der Waals surface area (Å²) in [5, 5.41) is 6.12. The standard InChI is InChI=1S/C10H20N2O/c1-10(6-4-7-10)12-8-3-5-9(13)11-2/h12H,3-8H2,1-2H3,(H,11,13). The van der Waals surface area contributed by atoms with E-state index in [1.165, 1.54) is 19.3 Å². The first-order valence-corrected chi connectivity index (χ1v) is 5.12. The van der Waals surface area contributed by atoms with Crippen LogP contribution in [0.1, 0.15) is 39.0 Å². The normalized spacial score (nSPS) is 19.2. The summed E-state index contributed by atoms with van der Waals surface area (Å²) < 4.78 is 0. The molecule has 0 aromatic carbocycles. The molecule has 76 valence electrons. The maximum atomic E-state index is 10.9. The van der Waals surface area contributed by atoms with E-state index in [0.29, 0.717) is 12.0 Å². The fraction of sp³-hybridized carbons (Fsp3) is 0.900. The molecule has 0 bridgehead atoms. The van der Waals surface area contributed by atoms with Gasteiger partial charge in [0.2, 0.25) is 5.91 Å². The van der Waals surface area contributed by atoms with Crippen molar-refractivity contribution in [3.8, 4) is 0 Å². The molecule has 1 rings (SSSR count). The third-order valence-electron chi connectivity index (χ3n) is 2.87. The van der Waals surface area contributed by atoms with Gasteiger partial charge in [-0.2, -0.15) is 0 Å². The van der Waals surface area contributed by atoms with Gasteiger partial charge in [0.15, 0.2) is 0 Å². The van der Waals surface area contributed by atoms with Crippen molar-refractivity contribution < 1.29 is 4.79 Å². The van der Waals surface area contributed by atoms with Gasteiger partial charge in [0.25, 0.3) is 0 Å². The molecule has 0 radical (unpaired) electrons. The summed E-state index contributed by atoms with van der Waals surface area (Å²) in [4.78, 5) is 10.9. The second-order valence-electron chi connectivity index (χ2n) is 4.12. The second-order valence-corrected chi connectivity index (χ2v) is 4.12. The first-order valence-electron chi connectivity index (χ1n) is 5.12. The van der Waals surface area contributed by atoms with Crippen molar-refractivity contribution in [1.82, 2.24) is 10.6 Å². The highest BCUT2D eigenvalue weighted by atomic mass is 16.1. The lowest BCUT2D eigenvalue weighted by atomic mass is 9.78. The van der Waals surface area contributed by atoms with E-state index in [9.17, 15) is 4.79 Å². The minimum atomic E-state index is 0.139. The van der Waals surface area contributed by atoms with Crippen LogP contribution in [-0.4, -0.2) is 25.0 Å². The molecule has 0 atom stereocenters. The van der Waals surface area contributed by atoms with Gasteiger partial charge in [-0.1, -0.05) is 0 Å². The van der Waals surface area contributed by atoms with Crippen LogP contribution in [-0.2, 0) is 4.79 Å². The predicted molar refractivity (Wildman–Crippen MR) is 53.6 cm³/mol. The molecule has 0 saturated heterocycles. The van der Waals surface area contributed by atoms with Crippen molar-refractivity contribution >= 4 is 5.91 Å². The van der Waals surface area contributed by atoms with E-state index in [0.717, 1.165) is 13.0 Å². The van der Waals surface area contributed by atoms with Gasteiger partial charge < -0.3 is 10.6 Å². The summed E-state index contributed by atoms with van der Waals surface area (Å²) in [5.74, 6) is 0.139. The average molecular weight is 184 g/mol. The van der Waals surface area contributed by atoms with Gasteiger partial charge in [-0.05, 0) is 39.2 Å². The van der Waals surface area contributed by atoms with E-state index in [4.69, 9.17) is 0 Å². The van der Waals surface area contributed by atoms with Crippen molar-refractivity contribution in [2.24, 2.45) is 0 Å². The van der Waals surface area contributed by atoms with Crippen LogP contribution in [0.25, 0.3) is 0 Å². The topological polar surface area (TPSA) is 41.1 Å². The third-order valence-corrected chi connectivity index (χ3v) is 2.87. The van der Waals surface area contributed by atoms with Crippen LogP contribution in [0, 0.1) is 0 Å². The fourth-order valence-corrected chi connectivity index (χ4v) is 1.65. The summed E-state index contributed by atoms with van der Waals surface area (Å²) in [6.07, 6.45) is 5.49. The molecule has 3 nitrogen and oxygen atoms in total. The molecule has 1 saturated carbocycles. The van der Waals surface area contributed by atoms with Crippen molar-refractivity contribution in [2.45, 2.75) is 44.6 Å². The molecule has 2 N–H and O–H groups in total. The molecule has 1 aliphatic carbocycles. The van der Waals surface area contributed by atoms with Gasteiger partial charge in [0.05, 0.1) is 0 Å². The van der Waals surface area contributed by atoms with Crippen LogP contribution in [0.15, 0.2) is 0 Å². The van der Waals surface area contributed by atoms with Gasteiger partial charge in [0, 0.05) is 19.0 Å². The maximum Gasteiger partial charge on any atom is 0.219 e. The highest BCUT2D eigenvalue weighted by molar-refractivity contribution is 5.75. The van der Waals surface area contributed by atoms with Crippen LogP contribution >= 0.6 is 0 Å². The molecule has 1 fully saturated rings. The summed E-state index contributed by atoms with van der Waals surface area (Å²) in [7, 11) is 1.68. The molecule has 0 aromatic heterocycles. The minimum Gasteiger partial charge on any atom is -0.359 e. The van der Waals surface area contributed by atoms with Gasteiger partial charge in [-0.3, -0.25) is 4.79 Å². The Morgan fingerprint density at radius 2 is 2.15 bits per heavy atom. The maximum absolute atomic E-state index is 10.9. The Morgan fingerprint density at radius 1 is 1.46 bits per heavy atom. The van der Waals surface area contributed by atoms with Gasteiger partial charge >= 0.3 is 0 Å². The molecule has 13 heavy (non-hydrogen) atoms. The first kappa shape index (κ1) is 10.5. The van der Waals surface area contributed by atoms with E-state index < -0.39 is 0 Å². The lowest BCUT2D eigenvalue weighted by Gasteiger charge is -2.39. The average Bonchev–Trinajstić information content (AvgIpc) is 2.09. The van der Waals surface area contributed by atoms with Crippen molar-refractivity contribution in [2.75, 3.05) is 13.6 Å². The Labute approximate surface area is 80.3 Å². The minimum absolute atomic E-state index is 0.139. The summed E-state index contributed by atoms with van der Waals surface area (Å²) in [5.41, 5.74) is 0.378. The lowest BCUT2D eigenvalue weighted by molar-refractivity contribution is -0.120. The molecular weight excluding hydrogens is 164 g/mol. The van der Waals surface area contributed by atoms with E-state index >= 15 is 0 Å². The number of carbonyl (C=O) groups is 1. The summed E-state index contributed by atoms with van der Waals surface area (Å²) in [6, 6.07) is 0. The van der Waals surface area contributed by atoms with Gasteiger partial charge in [-0.15, -0.1) is 0 Å². The molecule has 3 heteroatoms. The first-order chi connectivity index (χ1) is 6.16. The van der Waals surface area contributed by atoms with Crippen LogP contribution < -0.4 is 10.6 Å². The highest BCUT2D eigenvalue weighted by Crippen LogP contribution is 2.30. The second kappa shape index (κ2) is 4.61. The molecule has 0 spiro atoms. The van der Waals surface area contributed by atoms with Crippen LogP contribution in [0.5, 0.6) is 0 Å². The van der Waals surface area contributed by atoms with Crippen molar-refractivity contribution in [3.05, 3.63) is 0 Å². The zero-order valence-corrected chi connectivity index (χ0v) is 8.65. The number of hydrogen-bond acceptors (Lipinski definition) is 2. The Hall–Kier alpha value is -0.570. The fourth-order valence-electron chi connectivity index (χ4n) is 1.65. The molecule has 1 amide bonds. The monoisotopic (exact) mass is 184 g/mol. The number of carbonyl (C=O) groups excluding carboxylic acids is 1. The highest BCUT2D eigenvalue weighted by Gasteiger charge is 2.30. The zero-order chi connectivity index (χ0) is 9.73. The summed E-state index contributed by atoms with van der Waals surface area (Å²) in [6.45, 7) is 3.22. The Kier molecular flexibility index (Phi) is 3.72. The predicted octanol–water partition coefficient (Wildman–Crippen LogP) is 1.04. The van der Waals surface area contributed by atoms with E-state index in [2.05, 4.69) is 17.6 Å². The van der Waals surface area contributed by atoms with Gasteiger partial charge in [0.1, 0.15) is 0 Å². The number of rotatable bonds is 5. The van der Waals surface area contributed by atoms with E-state index in [-0.39, 0.29) is 5.91 Å².